The number of benzene rings is 2. The van der Waals surface area contributed by atoms with Gasteiger partial charge < -0.3 is 9.47 Å². The first-order chi connectivity index (χ1) is 20.8. The highest BCUT2D eigenvalue weighted by Gasteiger charge is 2.49. The van der Waals surface area contributed by atoms with Crippen LogP contribution in [-0.2, 0) is 28.3 Å². The topological polar surface area (TPSA) is 38.8 Å². The first kappa shape index (κ1) is 31.2. The fraction of sp³-hybridized carbons (Fsp3) is 0.618. The second-order valence-electron chi connectivity index (χ2n) is 13.2. The van der Waals surface area contributed by atoms with Crippen molar-refractivity contribution in [1.29, 1.82) is 0 Å². The predicted molar refractivity (Wildman–Crippen MR) is 152 cm³/mol. The smallest absolute Gasteiger partial charge is 0.416 e. The molecule has 7 atom stereocenters. The van der Waals surface area contributed by atoms with Crippen LogP contribution in [-0.4, -0.2) is 37.2 Å². The zero-order valence-corrected chi connectivity index (χ0v) is 25.0. The van der Waals surface area contributed by atoms with Crippen molar-refractivity contribution in [2.75, 3.05) is 20.2 Å². The van der Waals surface area contributed by atoms with Gasteiger partial charge in [0, 0.05) is 31.5 Å². The largest absolute Gasteiger partial charge is 0.490 e. The van der Waals surface area contributed by atoms with E-state index in [2.05, 4.69) is 18.2 Å². The van der Waals surface area contributed by atoms with E-state index >= 15 is 0 Å². The number of methoxy groups -OCH3 is 1. The number of esters is 1. The Hall–Kier alpha value is -2.75. The Bertz CT molecular complexity index is 1360. The summed E-state index contributed by atoms with van der Waals surface area (Å²) in [6.45, 7) is 2.68. The van der Waals surface area contributed by atoms with E-state index in [-0.39, 0.29) is 35.4 Å². The lowest BCUT2D eigenvalue weighted by Gasteiger charge is -2.45. The van der Waals surface area contributed by atoms with Gasteiger partial charge in [-0.1, -0.05) is 12.1 Å². The van der Waals surface area contributed by atoms with E-state index in [1.807, 2.05) is 4.90 Å². The van der Waals surface area contributed by atoms with Crippen LogP contribution in [0.4, 0.5) is 26.3 Å². The monoisotopic (exact) mass is 623 g/mol. The van der Waals surface area contributed by atoms with Gasteiger partial charge in [-0.25, -0.2) is 0 Å². The van der Waals surface area contributed by atoms with Gasteiger partial charge in [0.25, 0.3) is 0 Å². The fourth-order valence-electron chi connectivity index (χ4n) is 8.26. The average molecular weight is 624 g/mol. The van der Waals surface area contributed by atoms with E-state index in [0.29, 0.717) is 49.5 Å². The van der Waals surface area contributed by atoms with E-state index in [1.165, 1.54) is 18.2 Å². The van der Waals surface area contributed by atoms with Gasteiger partial charge in [-0.15, -0.1) is 0 Å². The van der Waals surface area contributed by atoms with Crippen LogP contribution in [0.5, 0.6) is 5.75 Å². The van der Waals surface area contributed by atoms with Crippen LogP contribution < -0.4 is 4.74 Å². The van der Waals surface area contributed by atoms with Crippen molar-refractivity contribution in [2.24, 2.45) is 23.7 Å². The molecule has 2 aromatic carbocycles. The van der Waals surface area contributed by atoms with Crippen molar-refractivity contribution in [1.82, 2.24) is 4.90 Å². The van der Waals surface area contributed by atoms with Gasteiger partial charge in [0.2, 0.25) is 0 Å². The molecular formula is C34H39F6NO3. The number of ether oxygens (including phenoxy) is 2. The van der Waals surface area contributed by atoms with Gasteiger partial charge in [-0.2, -0.15) is 26.3 Å². The number of rotatable bonds is 8. The maximum atomic E-state index is 13.9. The van der Waals surface area contributed by atoms with Crippen molar-refractivity contribution < 1.29 is 40.6 Å². The van der Waals surface area contributed by atoms with Crippen molar-refractivity contribution >= 4 is 5.97 Å². The third-order valence-electron chi connectivity index (χ3n) is 10.6. The molecule has 44 heavy (non-hydrogen) atoms. The second kappa shape index (κ2) is 11.9. The van der Waals surface area contributed by atoms with Gasteiger partial charge in [0.05, 0.1) is 18.2 Å². The molecule has 240 valence electrons. The number of alkyl halides is 6. The lowest BCUT2D eigenvalue weighted by molar-refractivity contribution is -0.142. The highest BCUT2D eigenvalue weighted by molar-refractivity contribution is 5.69. The molecule has 4 unspecified atom stereocenters. The zero-order valence-electron chi connectivity index (χ0n) is 25.0. The van der Waals surface area contributed by atoms with Crippen molar-refractivity contribution in [2.45, 2.75) is 88.7 Å². The van der Waals surface area contributed by atoms with Crippen LogP contribution in [0.3, 0.4) is 0 Å². The zero-order chi connectivity index (χ0) is 31.4. The normalized spacial score (nSPS) is 29.1. The fourth-order valence-corrected chi connectivity index (χ4v) is 8.26. The molecule has 2 aliphatic heterocycles. The number of nitrogens with zero attached hydrogens (tertiary/aromatic N) is 1. The number of carbonyl (C=O) groups is 1. The number of hydrogen-bond donors (Lipinski definition) is 0. The van der Waals surface area contributed by atoms with E-state index in [0.717, 1.165) is 50.7 Å². The first-order valence-electron chi connectivity index (χ1n) is 15.7. The van der Waals surface area contributed by atoms with Gasteiger partial charge in [0.15, 0.2) is 0 Å². The minimum Gasteiger partial charge on any atom is -0.490 e. The molecule has 6 rings (SSSR count). The number of aryl methyl sites for hydroxylation is 1. The minimum absolute atomic E-state index is 0.0158. The standard InChI is InChI=1S/C34H39F6NO3/c1-19(26-16-25(33(35,36)37)11-12-28(26)34(38,39)40)41-17-23-8-9-24(18-41)32(23)29-13-10-20-6-7-22(15-30(20)44-29)27-14-21(27)4-3-5-31(42)43-2/h6-7,11-12,15-16,19,21,23-24,27,29,32H,3-5,8-10,13-14,17-18H2,1-2H3/t19-,21?,23-,24+,27?,29?,32?/m1/s1. The maximum absolute atomic E-state index is 13.9. The molecule has 0 radical (unpaired) electrons. The molecule has 0 aromatic heterocycles. The Labute approximate surface area is 254 Å². The van der Waals surface area contributed by atoms with Gasteiger partial charge >= 0.3 is 18.3 Å². The van der Waals surface area contributed by atoms with Crippen LogP contribution in [0.1, 0.15) is 91.6 Å². The van der Waals surface area contributed by atoms with Crippen LogP contribution >= 0.6 is 0 Å². The third-order valence-corrected chi connectivity index (χ3v) is 10.6. The van der Waals surface area contributed by atoms with E-state index < -0.39 is 29.5 Å². The Morgan fingerprint density at radius 3 is 2.39 bits per heavy atom. The molecule has 0 amide bonds. The van der Waals surface area contributed by atoms with E-state index in [1.54, 1.807) is 6.92 Å². The first-order valence-corrected chi connectivity index (χ1v) is 15.7. The van der Waals surface area contributed by atoms with E-state index in [4.69, 9.17) is 9.47 Å². The highest BCUT2D eigenvalue weighted by Crippen LogP contribution is 2.53. The summed E-state index contributed by atoms with van der Waals surface area (Å²) in [7, 11) is 1.41. The minimum atomic E-state index is -4.74. The number of carbonyl (C=O) groups excluding carboxylic acids is 1. The SMILES string of the molecule is COC(=O)CCCC1CC1c1ccc2c(c1)OC(C1[C@@H]3CC[C@H]1CN([C@H](C)c1cc(C(F)(F)F)ccc1C(F)(F)F)C3)CC2. The van der Waals surface area contributed by atoms with Gasteiger partial charge in [0.1, 0.15) is 11.9 Å². The van der Waals surface area contributed by atoms with Crippen LogP contribution in [0.2, 0.25) is 0 Å². The molecule has 3 fully saturated rings. The summed E-state index contributed by atoms with van der Waals surface area (Å²) in [6, 6.07) is 7.52. The molecule has 2 saturated carbocycles. The van der Waals surface area contributed by atoms with Crippen LogP contribution in [0.15, 0.2) is 36.4 Å². The summed E-state index contributed by atoms with van der Waals surface area (Å²) in [5.74, 6) is 2.49. The maximum Gasteiger partial charge on any atom is 0.416 e. The van der Waals surface area contributed by atoms with Gasteiger partial charge in [-0.3, -0.25) is 9.69 Å². The summed E-state index contributed by atoms with van der Waals surface area (Å²) in [4.78, 5) is 13.4. The van der Waals surface area contributed by atoms with Crippen LogP contribution in [0.25, 0.3) is 0 Å². The number of halogens is 6. The summed E-state index contributed by atoms with van der Waals surface area (Å²) in [5.41, 5.74) is 0.0785. The van der Waals surface area contributed by atoms with Gasteiger partial charge in [-0.05, 0) is 116 Å². The molecule has 2 bridgehead atoms. The molecule has 0 N–H and O–H groups in total. The summed E-state index contributed by atoms with van der Waals surface area (Å²) < 4.78 is 93.4. The third kappa shape index (κ3) is 6.33. The molecular weight excluding hydrogens is 584 g/mol. The Morgan fingerprint density at radius 2 is 1.73 bits per heavy atom. The molecule has 2 aliphatic carbocycles. The average Bonchev–Trinajstić information content (AvgIpc) is 3.71. The summed E-state index contributed by atoms with van der Waals surface area (Å²) in [6.07, 6.45) is -2.42. The Balaban J connectivity index is 1.13. The number of piperidine rings is 1. The molecule has 0 spiro atoms. The summed E-state index contributed by atoms with van der Waals surface area (Å²) >= 11 is 0. The number of fused-ring (bicyclic) bond motifs is 3. The van der Waals surface area contributed by atoms with Crippen molar-refractivity contribution in [3.05, 3.63) is 64.2 Å². The van der Waals surface area contributed by atoms with Crippen LogP contribution in [0, 0.1) is 23.7 Å². The molecule has 2 heterocycles. The summed E-state index contributed by atoms with van der Waals surface area (Å²) in [5, 5.41) is 0. The molecule has 2 aromatic rings. The Kier molecular flexibility index (Phi) is 8.43. The molecule has 10 heteroatoms. The van der Waals surface area contributed by atoms with Crippen molar-refractivity contribution in [3.63, 3.8) is 0 Å². The lowest BCUT2D eigenvalue weighted by Crippen LogP contribution is -2.49. The Morgan fingerprint density at radius 1 is 1.00 bits per heavy atom. The van der Waals surface area contributed by atoms with E-state index in [9.17, 15) is 31.1 Å². The quantitative estimate of drug-likeness (QED) is 0.218. The highest BCUT2D eigenvalue weighted by atomic mass is 19.4. The molecule has 4 nitrogen and oxygen atoms in total. The number of hydrogen-bond acceptors (Lipinski definition) is 4. The predicted octanol–water partition coefficient (Wildman–Crippen LogP) is 8.58. The lowest BCUT2D eigenvalue weighted by atomic mass is 9.77. The second-order valence-corrected chi connectivity index (χ2v) is 13.2. The molecule has 4 aliphatic rings. The molecule has 1 saturated heterocycles. The number of likely N-dealkylation sites (tertiary alicyclic amines) is 1. The van der Waals surface area contributed by atoms with Crippen molar-refractivity contribution in [3.8, 4) is 5.75 Å².